The molecule has 0 saturated carbocycles. The van der Waals surface area contributed by atoms with Gasteiger partial charge < -0.3 is 49.1 Å². The second-order valence-corrected chi connectivity index (χ2v) is 17.9. The number of ether oxygens (including phenoxy) is 7. The van der Waals surface area contributed by atoms with E-state index in [1.54, 1.807) is 0 Å². The Morgan fingerprint density at radius 1 is 0.683 bits per heavy atom. The maximum Gasteiger partial charge on any atom is 0.305 e. The largest absolute Gasteiger partial charge is 0.456 e. The number of esters is 3. The molecule has 0 aromatic rings. The molecular weight excluding hydrogens is 817 g/mol. The van der Waals surface area contributed by atoms with Crippen molar-refractivity contribution >= 4 is 35.6 Å². The van der Waals surface area contributed by atoms with Gasteiger partial charge in [0.2, 0.25) is 30.1 Å². The van der Waals surface area contributed by atoms with E-state index in [0.717, 1.165) is 33.6 Å². The number of carbonyl (C=O) groups is 6. The predicted molar refractivity (Wildman–Crippen MR) is 241 cm³/mol. The Bertz CT molecular complexity index is 1400. The summed E-state index contributed by atoms with van der Waals surface area (Å²) in [7, 11) is 0. The van der Waals surface area contributed by atoms with Gasteiger partial charge in [-0.25, -0.2) is 0 Å². The van der Waals surface area contributed by atoms with Gasteiger partial charge in [-0.05, 0) is 94.4 Å². The Morgan fingerprint density at radius 2 is 1.22 bits per heavy atom. The van der Waals surface area contributed by atoms with Crippen molar-refractivity contribution in [1.29, 1.82) is 5.26 Å². The zero-order valence-corrected chi connectivity index (χ0v) is 42.3. The average molecular weight is 903 g/mol. The van der Waals surface area contributed by atoms with Gasteiger partial charge in [0, 0.05) is 59.7 Å². The van der Waals surface area contributed by atoms with Crippen LogP contribution in [0, 0.1) is 22.7 Å². The highest BCUT2D eigenvalue weighted by atomic mass is 16.8. The van der Waals surface area contributed by atoms with Crippen molar-refractivity contribution in [1.82, 2.24) is 16.0 Å². The highest BCUT2D eigenvalue weighted by molar-refractivity contribution is 5.77. The van der Waals surface area contributed by atoms with Crippen molar-refractivity contribution in [3.05, 3.63) is 0 Å². The zero-order valence-electron chi connectivity index (χ0n) is 42.3. The number of nitrogens with one attached hydrogen (secondary N) is 3. The molecule has 1 fully saturated rings. The van der Waals surface area contributed by atoms with Crippen molar-refractivity contribution in [3.8, 4) is 6.07 Å². The lowest BCUT2D eigenvalue weighted by Crippen LogP contribution is -2.66. The van der Waals surface area contributed by atoms with Crippen LogP contribution in [0.15, 0.2) is 0 Å². The van der Waals surface area contributed by atoms with Crippen molar-refractivity contribution in [2.45, 2.75) is 218 Å². The molecule has 0 aromatic heterocycles. The summed E-state index contributed by atoms with van der Waals surface area (Å²) in [5.41, 5.74) is -1.40. The standard InChI is InChI=1S/C22H36N2O10.C20H38N2O3.2C2H6/c1-12(2)20(29)23-10-8-7-9-11-30-21-17(24-13(3)25)18(31-14(4)26)19(32-15(5)27)22(34-21)33-16(6)28;1-17(2,3)25-20(8,9)15-24-19(6,7)12-13-22-16(23)10-11-18(4,5)14-21;2*1-2/h12,17-19,21-22H,7-11H2,1-6H3,(H,23,29)(H,24,25);10-13,15H2,1-9H3,(H,22,23);2*1-2H3/t17-,18-,19-,21-,22+;;;/m1.../s1. The quantitative estimate of drug-likeness (QED) is 0.0576. The van der Waals surface area contributed by atoms with Crippen LogP contribution in [-0.2, 0) is 61.9 Å². The van der Waals surface area contributed by atoms with E-state index in [9.17, 15) is 28.8 Å². The summed E-state index contributed by atoms with van der Waals surface area (Å²) in [4.78, 5) is 70.3. The van der Waals surface area contributed by atoms with E-state index in [0.29, 0.717) is 45.4 Å². The van der Waals surface area contributed by atoms with Gasteiger partial charge >= 0.3 is 17.9 Å². The van der Waals surface area contributed by atoms with E-state index in [2.05, 4.69) is 22.0 Å². The molecule has 0 spiro atoms. The molecule has 1 heterocycles. The highest BCUT2D eigenvalue weighted by Gasteiger charge is 2.52. The van der Waals surface area contributed by atoms with Crippen LogP contribution in [0.25, 0.3) is 0 Å². The molecule has 17 heteroatoms. The van der Waals surface area contributed by atoms with Crippen LogP contribution in [0.4, 0.5) is 0 Å². The lowest BCUT2D eigenvalue weighted by atomic mass is 9.90. The fraction of sp³-hybridized carbons (Fsp3) is 0.848. The molecule has 0 radical (unpaired) electrons. The Balaban J connectivity index is -0.00000110. The predicted octanol–water partition coefficient (Wildman–Crippen LogP) is 6.82. The number of carbonyl (C=O) groups excluding carboxylic acids is 6. The maximum atomic E-state index is 11.9. The first-order valence-electron chi connectivity index (χ1n) is 22.4. The third kappa shape index (κ3) is 32.5. The number of unbranched alkanes of at least 4 members (excludes halogenated alkanes) is 2. The van der Waals surface area contributed by atoms with E-state index >= 15 is 0 Å². The highest BCUT2D eigenvalue weighted by Crippen LogP contribution is 2.29. The third-order valence-electron chi connectivity index (χ3n) is 8.41. The molecule has 1 aliphatic rings. The number of nitriles is 1. The van der Waals surface area contributed by atoms with Crippen molar-refractivity contribution in [2.75, 3.05) is 26.3 Å². The summed E-state index contributed by atoms with van der Waals surface area (Å²) in [6.45, 7) is 36.0. The smallest absolute Gasteiger partial charge is 0.305 e. The van der Waals surface area contributed by atoms with E-state index in [1.165, 1.54) is 6.92 Å². The van der Waals surface area contributed by atoms with E-state index < -0.39 is 60.1 Å². The van der Waals surface area contributed by atoms with Gasteiger partial charge in [-0.15, -0.1) is 0 Å². The van der Waals surface area contributed by atoms with Crippen molar-refractivity contribution in [2.24, 2.45) is 11.3 Å². The molecule has 5 atom stereocenters. The molecule has 3 N–H and O–H groups in total. The number of amides is 3. The fourth-order valence-electron chi connectivity index (χ4n) is 5.63. The molecule has 0 unspecified atom stereocenters. The summed E-state index contributed by atoms with van der Waals surface area (Å²) in [6.07, 6.45) is -1.42. The molecule has 0 aromatic carbocycles. The second kappa shape index (κ2) is 31.9. The summed E-state index contributed by atoms with van der Waals surface area (Å²) in [5.74, 6) is -2.73. The maximum absolute atomic E-state index is 11.9. The van der Waals surface area contributed by atoms with Gasteiger partial charge in [0.05, 0.1) is 34.9 Å². The first-order valence-corrected chi connectivity index (χ1v) is 22.4. The van der Waals surface area contributed by atoms with E-state index in [1.807, 2.05) is 104 Å². The summed E-state index contributed by atoms with van der Waals surface area (Å²) in [6, 6.07) is 1.17. The van der Waals surface area contributed by atoms with Gasteiger partial charge in [-0.2, -0.15) is 5.26 Å². The van der Waals surface area contributed by atoms with Gasteiger partial charge in [0.25, 0.3) is 0 Å². The minimum absolute atomic E-state index is 0.0136. The molecule has 1 aliphatic heterocycles. The Kier molecular flexibility index (Phi) is 32.1. The van der Waals surface area contributed by atoms with Gasteiger partial charge in [0.15, 0.2) is 12.4 Å². The van der Waals surface area contributed by atoms with Crippen molar-refractivity contribution in [3.63, 3.8) is 0 Å². The molecule has 63 heavy (non-hydrogen) atoms. The number of rotatable bonds is 22. The van der Waals surface area contributed by atoms with Crippen LogP contribution in [0.1, 0.15) is 170 Å². The van der Waals surface area contributed by atoms with Crippen molar-refractivity contribution < 1.29 is 61.9 Å². The minimum Gasteiger partial charge on any atom is -0.456 e. The molecule has 1 rings (SSSR count). The average Bonchev–Trinajstić information content (AvgIpc) is 3.15. The third-order valence-corrected chi connectivity index (χ3v) is 8.41. The number of hydrogen-bond acceptors (Lipinski definition) is 14. The second-order valence-electron chi connectivity index (χ2n) is 17.9. The molecule has 17 nitrogen and oxygen atoms in total. The molecule has 1 saturated heterocycles. The molecule has 0 aliphatic carbocycles. The normalized spacial score (nSPS) is 18.6. The molecule has 3 amide bonds. The topological polar surface area (TPSA) is 227 Å². The summed E-state index contributed by atoms with van der Waals surface area (Å²) in [5, 5.41) is 17.3. The van der Waals surface area contributed by atoms with Crippen LogP contribution in [-0.4, -0.2) is 110 Å². The first kappa shape index (κ1) is 63.4. The molecule has 0 bridgehead atoms. The first-order chi connectivity index (χ1) is 29.0. The number of nitrogens with zero attached hydrogens (tertiary/aromatic N) is 1. The van der Waals surface area contributed by atoms with Crippen LogP contribution >= 0.6 is 0 Å². The SMILES string of the molecule is CC.CC.CC(=O)N[C@H]1[C@H](OCCCCCNC(=O)C(C)C)O[C@H](OC(C)=O)[C@H](OC(C)=O)[C@@H]1OC(C)=O.CC(C)(C#N)CCC(=O)NCCC(C)(C)OCC(C)(C)OC(C)(C)C. The molecule has 368 valence electrons. The Labute approximate surface area is 379 Å². The fourth-order valence-corrected chi connectivity index (χ4v) is 5.63. The monoisotopic (exact) mass is 903 g/mol. The summed E-state index contributed by atoms with van der Waals surface area (Å²) >= 11 is 0. The lowest BCUT2D eigenvalue weighted by molar-refractivity contribution is -0.321. The van der Waals surface area contributed by atoms with Crippen LogP contribution in [0.3, 0.4) is 0 Å². The Hall–Kier alpha value is -3.85. The van der Waals surface area contributed by atoms with Crippen LogP contribution in [0.2, 0.25) is 0 Å². The van der Waals surface area contributed by atoms with E-state index in [4.69, 9.17) is 38.4 Å². The van der Waals surface area contributed by atoms with E-state index in [-0.39, 0.29) is 41.1 Å². The van der Waals surface area contributed by atoms with Crippen LogP contribution < -0.4 is 16.0 Å². The lowest BCUT2D eigenvalue weighted by Gasteiger charge is -2.44. The van der Waals surface area contributed by atoms with Gasteiger partial charge in [-0.1, -0.05) is 41.5 Å². The summed E-state index contributed by atoms with van der Waals surface area (Å²) < 4.78 is 39.3. The Morgan fingerprint density at radius 3 is 1.70 bits per heavy atom. The zero-order chi connectivity index (χ0) is 49.8. The molecular formula is C46H86N4O13. The van der Waals surface area contributed by atoms with Gasteiger partial charge in [-0.3, -0.25) is 28.8 Å². The number of hydrogen-bond donors (Lipinski definition) is 3. The minimum atomic E-state index is -1.42. The van der Waals surface area contributed by atoms with Gasteiger partial charge in [0.1, 0.15) is 6.04 Å². The van der Waals surface area contributed by atoms with Crippen LogP contribution in [0.5, 0.6) is 0 Å².